The number of hydroxylamine groups is 1. The molecule has 2 aliphatic rings. The molecule has 3 unspecified atom stereocenters. The molecule has 1 aromatic rings. The van der Waals surface area contributed by atoms with Crippen molar-refractivity contribution < 1.29 is 9.63 Å². The largest absolute Gasteiger partial charge is 0.406 e. The summed E-state index contributed by atoms with van der Waals surface area (Å²) in [5.41, 5.74) is 5.36. The third kappa shape index (κ3) is 4.71. The summed E-state index contributed by atoms with van der Waals surface area (Å²) in [6.07, 6.45) is 3.63. The van der Waals surface area contributed by atoms with Crippen LogP contribution in [0.15, 0.2) is 18.2 Å². The average molecular weight is 346 g/mol. The first-order chi connectivity index (χ1) is 12.0. The first kappa shape index (κ1) is 18.2. The molecule has 25 heavy (non-hydrogen) atoms. The highest BCUT2D eigenvalue weighted by atomic mass is 16.6. The lowest BCUT2D eigenvalue weighted by molar-refractivity contribution is -0.119. The van der Waals surface area contributed by atoms with Gasteiger partial charge in [0.15, 0.2) is 0 Å². The smallest absolute Gasteiger partial charge is 0.221 e. The Morgan fingerprint density at radius 1 is 1.36 bits per heavy atom. The van der Waals surface area contributed by atoms with E-state index in [1.54, 1.807) is 0 Å². The molecule has 3 atom stereocenters. The highest BCUT2D eigenvalue weighted by Crippen LogP contribution is 2.23. The number of hydrogen-bond acceptors (Lipinski definition) is 5. The maximum Gasteiger partial charge on any atom is 0.221 e. The van der Waals surface area contributed by atoms with E-state index in [2.05, 4.69) is 54.0 Å². The highest BCUT2D eigenvalue weighted by Gasteiger charge is 2.24. The number of nitrogens with zero attached hydrogens (tertiary/aromatic N) is 1. The van der Waals surface area contributed by atoms with Gasteiger partial charge in [-0.15, -0.1) is 5.48 Å². The molecule has 6 nitrogen and oxygen atoms in total. The van der Waals surface area contributed by atoms with Crippen LogP contribution in [0.2, 0.25) is 0 Å². The SMILES string of the molecule is CNC1CCN(Cc2ccc(ONC3CCC(=O)N3)c(C)c2)C(C)C1. The van der Waals surface area contributed by atoms with Crippen LogP contribution in [0.1, 0.15) is 43.7 Å². The van der Waals surface area contributed by atoms with Crippen molar-refractivity contribution >= 4 is 5.91 Å². The van der Waals surface area contributed by atoms with E-state index in [0.717, 1.165) is 30.8 Å². The Morgan fingerprint density at radius 2 is 2.20 bits per heavy atom. The van der Waals surface area contributed by atoms with Crippen LogP contribution in [-0.2, 0) is 11.3 Å². The van der Waals surface area contributed by atoms with E-state index in [1.807, 2.05) is 6.07 Å². The molecule has 0 spiro atoms. The summed E-state index contributed by atoms with van der Waals surface area (Å²) < 4.78 is 0. The highest BCUT2D eigenvalue weighted by molar-refractivity contribution is 5.78. The maximum absolute atomic E-state index is 11.2. The van der Waals surface area contributed by atoms with Crippen LogP contribution < -0.4 is 21.0 Å². The van der Waals surface area contributed by atoms with Gasteiger partial charge in [0.1, 0.15) is 11.9 Å². The number of carbonyl (C=O) groups is 1. The molecule has 1 amide bonds. The molecule has 1 aromatic carbocycles. The van der Waals surface area contributed by atoms with Crippen LogP contribution in [0, 0.1) is 6.92 Å². The molecule has 2 aliphatic heterocycles. The van der Waals surface area contributed by atoms with E-state index in [-0.39, 0.29) is 12.1 Å². The molecular formula is C19H30N4O2. The minimum atomic E-state index is -0.0964. The Bertz CT molecular complexity index is 607. The third-order valence-corrected chi connectivity index (χ3v) is 5.35. The Morgan fingerprint density at radius 3 is 2.84 bits per heavy atom. The topological polar surface area (TPSA) is 65.6 Å². The second-order valence-corrected chi connectivity index (χ2v) is 7.31. The van der Waals surface area contributed by atoms with E-state index in [1.165, 1.54) is 18.4 Å². The number of aryl methyl sites for hydroxylation is 1. The van der Waals surface area contributed by atoms with Crippen molar-refractivity contribution in [2.24, 2.45) is 0 Å². The van der Waals surface area contributed by atoms with Crippen molar-refractivity contribution in [2.45, 2.75) is 64.3 Å². The van der Waals surface area contributed by atoms with Crippen molar-refractivity contribution in [3.63, 3.8) is 0 Å². The minimum Gasteiger partial charge on any atom is -0.406 e. The molecule has 2 heterocycles. The Balaban J connectivity index is 1.53. The molecule has 0 radical (unpaired) electrons. The number of piperidine rings is 1. The molecule has 138 valence electrons. The standard InChI is InChI=1S/C19H30N4O2/c1-13-10-15(12-23-9-8-16(20-3)11-14(23)2)4-5-17(13)25-22-18-6-7-19(24)21-18/h4-5,10,14,16,18,20,22H,6-9,11-12H2,1-3H3,(H,21,24). The van der Waals surface area contributed by atoms with E-state index in [0.29, 0.717) is 18.5 Å². The number of rotatable bonds is 6. The molecule has 0 bridgehead atoms. The molecular weight excluding hydrogens is 316 g/mol. The summed E-state index contributed by atoms with van der Waals surface area (Å²) in [4.78, 5) is 19.4. The summed E-state index contributed by atoms with van der Waals surface area (Å²) in [5.74, 6) is 0.885. The van der Waals surface area contributed by atoms with Crippen molar-refractivity contribution in [3.8, 4) is 5.75 Å². The second-order valence-electron chi connectivity index (χ2n) is 7.31. The zero-order valence-electron chi connectivity index (χ0n) is 15.5. The predicted molar refractivity (Wildman–Crippen MR) is 98.1 cm³/mol. The van der Waals surface area contributed by atoms with Crippen LogP contribution in [0.4, 0.5) is 0 Å². The van der Waals surface area contributed by atoms with Crippen molar-refractivity contribution in [1.82, 2.24) is 21.0 Å². The van der Waals surface area contributed by atoms with Crippen molar-refractivity contribution in [1.29, 1.82) is 0 Å². The first-order valence-corrected chi connectivity index (χ1v) is 9.27. The molecule has 0 aliphatic carbocycles. The second kappa shape index (κ2) is 8.17. The normalized spacial score (nSPS) is 27.3. The minimum absolute atomic E-state index is 0.0735. The van der Waals surface area contributed by atoms with Gasteiger partial charge in [0.25, 0.3) is 0 Å². The van der Waals surface area contributed by atoms with Crippen molar-refractivity contribution in [3.05, 3.63) is 29.3 Å². The maximum atomic E-state index is 11.2. The number of likely N-dealkylation sites (tertiary alicyclic amines) is 1. The van der Waals surface area contributed by atoms with Crippen LogP contribution >= 0.6 is 0 Å². The van der Waals surface area contributed by atoms with E-state index in [9.17, 15) is 4.79 Å². The number of amides is 1. The van der Waals surface area contributed by atoms with Gasteiger partial charge in [-0.25, -0.2) is 0 Å². The molecule has 0 saturated carbocycles. The van der Waals surface area contributed by atoms with E-state index >= 15 is 0 Å². The lowest BCUT2D eigenvalue weighted by Crippen LogP contribution is -2.46. The van der Waals surface area contributed by atoms with Crippen LogP contribution in [-0.4, -0.2) is 42.6 Å². The average Bonchev–Trinajstić information content (AvgIpc) is 3.01. The summed E-state index contributed by atoms with van der Waals surface area (Å²) >= 11 is 0. The third-order valence-electron chi connectivity index (χ3n) is 5.35. The van der Waals surface area contributed by atoms with Crippen LogP contribution in [0.25, 0.3) is 0 Å². The Kier molecular flexibility index (Phi) is 5.93. The fourth-order valence-corrected chi connectivity index (χ4v) is 3.71. The van der Waals surface area contributed by atoms with Crippen molar-refractivity contribution in [2.75, 3.05) is 13.6 Å². The quantitative estimate of drug-likeness (QED) is 0.684. The van der Waals surface area contributed by atoms with Gasteiger partial charge < -0.3 is 15.5 Å². The lowest BCUT2D eigenvalue weighted by atomic mass is 9.97. The van der Waals surface area contributed by atoms with Gasteiger partial charge >= 0.3 is 0 Å². The molecule has 2 saturated heterocycles. The number of hydrogen-bond donors (Lipinski definition) is 3. The fraction of sp³-hybridized carbons (Fsp3) is 0.632. The Hall–Kier alpha value is -1.63. The zero-order valence-corrected chi connectivity index (χ0v) is 15.5. The van der Waals surface area contributed by atoms with Gasteiger partial charge in [-0.3, -0.25) is 9.69 Å². The van der Waals surface area contributed by atoms with Gasteiger partial charge in [-0.05, 0) is 57.4 Å². The number of benzene rings is 1. The molecule has 6 heteroatoms. The number of nitrogens with one attached hydrogen (secondary N) is 3. The lowest BCUT2D eigenvalue weighted by Gasteiger charge is -2.37. The summed E-state index contributed by atoms with van der Waals surface area (Å²) in [6, 6.07) is 7.58. The molecule has 2 fully saturated rings. The molecule has 0 aromatic heterocycles. The van der Waals surface area contributed by atoms with Gasteiger partial charge in [-0.1, -0.05) is 12.1 Å². The van der Waals surface area contributed by atoms with E-state index in [4.69, 9.17) is 4.84 Å². The predicted octanol–water partition coefficient (Wildman–Crippen LogP) is 1.69. The fourth-order valence-electron chi connectivity index (χ4n) is 3.71. The van der Waals surface area contributed by atoms with E-state index < -0.39 is 0 Å². The Labute approximate surface area is 150 Å². The number of carbonyl (C=O) groups excluding carboxylic acids is 1. The molecule has 3 rings (SSSR count). The monoisotopic (exact) mass is 346 g/mol. The van der Waals surface area contributed by atoms with Gasteiger partial charge in [0.05, 0.1) is 0 Å². The van der Waals surface area contributed by atoms with Gasteiger partial charge in [0.2, 0.25) is 5.91 Å². The van der Waals surface area contributed by atoms with Gasteiger partial charge in [0, 0.05) is 31.6 Å². The van der Waals surface area contributed by atoms with Crippen LogP contribution in [0.5, 0.6) is 5.75 Å². The first-order valence-electron chi connectivity index (χ1n) is 9.27. The summed E-state index contributed by atoms with van der Waals surface area (Å²) in [6.45, 7) is 6.48. The zero-order chi connectivity index (χ0) is 17.8. The van der Waals surface area contributed by atoms with Gasteiger partial charge in [-0.2, -0.15) is 0 Å². The van der Waals surface area contributed by atoms with Crippen LogP contribution in [0.3, 0.4) is 0 Å². The summed E-state index contributed by atoms with van der Waals surface area (Å²) in [5, 5.41) is 6.23. The summed E-state index contributed by atoms with van der Waals surface area (Å²) in [7, 11) is 2.06. The molecule has 3 N–H and O–H groups in total.